The van der Waals surface area contributed by atoms with Gasteiger partial charge in [-0.2, -0.15) is 0 Å². The van der Waals surface area contributed by atoms with Crippen molar-refractivity contribution >= 4 is 21.4 Å². The molecule has 0 saturated heterocycles. The summed E-state index contributed by atoms with van der Waals surface area (Å²) in [5.74, 6) is -0.635. The van der Waals surface area contributed by atoms with Gasteiger partial charge in [-0.15, -0.1) is 5.10 Å². The Hall–Kier alpha value is -3.07. The number of nitrogens with zero attached hydrogens (tertiary/aromatic N) is 4. The number of aryl methyl sites for hydroxylation is 1. The van der Waals surface area contributed by atoms with Gasteiger partial charge in [-0.05, 0) is 47.7 Å². The number of amides is 1. The van der Waals surface area contributed by atoms with Gasteiger partial charge in [0.05, 0.1) is 16.3 Å². The van der Waals surface area contributed by atoms with Crippen molar-refractivity contribution in [3.05, 3.63) is 60.4 Å². The number of nitrogens with one attached hydrogen (secondary N) is 1. The van der Waals surface area contributed by atoms with Crippen molar-refractivity contribution in [2.45, 2.75) is 18.2 Å². The molecule has 26 heavy (non-hydrogen) atoms. The van der Waals surface area contributed by atoms with Crippen molar-refractivity contribution < 1.29 is 13.2 Å². The first-order valence-electron chi connectivity index (χ1n) is 7.87. The molecule has 2 aromatic carbocycles. The standard InChI is InChI=1S/C17H17N5O3S/c1-13-5-7-16(8-6-13)26(24,25)10-9-17(23)19-14-3-2-4-15(11-14)22-12-18-20-21-22/h2-8,11-12H,9-10H2,1H3,(H,19,23). The second-order valence-electron chi connectivity index (χ2n) is 5.73. The summed E-state index contributed by atoms with van der Waals surface area (Å²) in [6.07, 6.45) is 1.31. The van der Waals surface area contributed by atoms with Crippen molar-refractivity contribution in [1.29, 1.82) is 0 Å². The van der Waals surface area contributed by atoms with E-state index >= 15 is 0 Å². The van der Waals surface area contributed by atoms with Crippen LogP contribution in [0, 0.1) is 6.92 Å². The zero-order chi connectivity index (χ0) is 18.6. The van der Waals surface area contributed by atoms with E-state index in [1.54, 1.807) is 48.5 Å². The lowest BCUT2D eigenvalue weighted by molar-refractivity contribution is -0.115. The van der Waals surface area contributed by atoms with Crippen LogP contribution >= 0.6 is 0 Å². The summed E-state index contributed by atoms with van der Waals surface area (Å²) >= 11 is 0. The highest BCUT2D eigenvalue weighted by atomic mass is 32.2. The Morgan fingerprint density at radius 2 is 1.92 bits per heavy atom. The van der Waals surface area contributed by atoms with Gasteiger partial charge in [0.25, 0.3) is 0 Å². The molecule has 8 nitrogen and oxygen atoms in total. The van der Waals surface area contributed by atoms with E-state index in [-0.39, 0.29) is 23.0 Å². The summed E-state index contributed by atoms with van der Waals surface area (Å²) in [5.41, 5.74) is 2.19. The van der Waals surface area contributed by atoms with E-state index < -0.39 is 9.84 Å². The molecule has 1 N–H and O–H groups in total. The Morgan fingerprint density at radius 3 is 2.62 bits per heavy atom. The van der Waals surface area contributed by atoms with Crippen LogP contribution in [0.1, 0.15) is 12.0 Å². The molecule has 1 heterocycles. The zero-order valence-corrected chi connectivity index (χ0v) is 14.8. The zero-order valence-electron chi connectivity index (χ0n) is 14.0. The number of aromatic nitrogens is 4. The van der Waals surface area contributed by atoms with Crippen molar-refractivity contribution in [3.8, 4) is 5.69 Å². The topological polar surface area (TPSA) is 107 Å². The van der Waals surface area contributed by atoms with Gasteiger partial charge >= 0.3 is 0 Å². The lowest BCUT2D eigenvalue weighted by Crippen LogP contribution is -2.17. The smallest absolute Gasteiger partial charge is 0.225 e. The molecule has 0 spiro atoms. The average molecular weight is 371 g/mol. The summed E-state index contributed by atoms with van der Waals surface area (Å²) in [6.45, 7) is 1.88. The SMILES string of the molecule is Cc1ccc(S(=O)(=O)CCC(=O)Nc2cccc(-n3cnnn3)c2)cc1. The highest BCUT2D eigenvalue weighted by molar-refractivity contribution is 7.91. The van der Waals surface area contributed by atoms with E-state index in [9.17, 15) is 13.2 Å². The molecule has 0 atom stereocenters. The molecule has 9 heteroatoms. The third kappa shape index (κ3) is 4.31. The summed E-state index contributed by atoms with van der Waals surface area (Å²) in [6, 6.07) is 13.5. The minimum atomic E-state index is -3.50. The molecule has 3 aromatic rings. The first-order chi connectivity index (χ1) is 12.4. The van der Waals surface area contributed by atoms with Crippen molar-refractivity contribution in [1.82, 2.24) is 20.2 Å². The summed E-state index contributed by atoms with van der Waals surface area (Å²) < 4.78 is 26.1. The quantitative estimate of drug-likeness (QED) is 0.708. The van der Waals surface area contributed by atoms with Crippen LogP contribution in [0.15, 0.2) is 59.8 Å². The predicted molar refractivity (Wildman–Crippen MR) is 95.6 cm³/mol. The van der Waals surface area contributed by atoms with Gasteiger partial charge < -0.3 is 5.32 Å². The van der Waals surface area contributed by atoms with Crippen molar-refractivity contribution in [2.75, 3.05) is 11.1 Å². The van der Waals surface area contributed by atoms with Crippen LogP contribution in [-0.2, 0) is 14.6 Å². The maximum Gasteiger partial charge on any atom is 0.225 e. The van der Waals surface area contributed by atoms with Crippen LogP contribution in [0.25, 0.3) is 5.69 Å². The molecule has 1 aromatic heterocycles. The summed E-state index contributed by atoms with van der Waals surface area (Å²) in [4.78, 5) is 12.3. The first-order valence-corrected chi connectivity index (χ1v) is 9.52. The van der Waals surface area contributed by atoms with E-state index in [1.807, 2.05) is 6.92 Å². The highest BCUT2D eigenvalue weighted by Crippen LogP contribution is 2.15. The van der Waals surface area contributed by atoms with E-state index in [2.05, 4.69) is 20.8 Å². The Morgan fingerprint density at radius 1 is 1.15 bits per heavy atom. The predicted octanol–water partition coefficient (Wildman–Crippen LogP) is 1.77. The van der Waals surface area contributed by atoms with Gasteiger partial charge in [0.1, 0.15) is 6.33 Å². The third-order valence-electron chi connectivity index (χ3n) is 3.72. The molecular weight excluding hydrogens is 354 g/mol. The maximum absolute atomic E-state index is 12.3. The normalized spacial score (nSPS) is 11.3. The average Bonchev–Trinajstić information content (AvgIpc) is 3.15. The Labute approximate surface area is 150 Å². The summed E-state index contributed by atoms with van der Waals surface area (Å²) in [5, 5.41) is 13.6. The largest absolute Gasteiger partial charge is 0.326 e. The van der Waals surface area contributed by atoms with Gasteiger partial charge in [0.2, 0.25) is 5.91 Å². The number of hydrogen-bond acceptors (Lipinski definition) is 6. The van der Waals surface area contributed by atoms with Gasteiger partial charge in [0.15, 0.2) is 9.84 Å². The number of anilines is 1. The Kier molecular flexibility index (Phi) is 5.08. The third-order valence-corrected chi connectivity index (χ3v) is 5.45. The molecule has 134 valence electrons. The molecule has 0 aliphatic rings. The fraction of sp³-hybridized carbons (Fsp3) is 0.176. The van der Waals surface area contributed by atoms with Crippen molar-refractivity contribution in [3.63, 3.8) is 0 Å². The van der Waals surface area contributed by atoms with Crippen molar-refractivity contribution in [2.24, 2.45) is 0 Å². The van der Waals surface area contributed by atoms with Gasteiger partial charge in [-0.1, -0.05) is 23.8 Å². The molecule has 3 rings (SSSR count). The number of hydrogen-bond donors (Lipinski definition) is 1. The maximum atomic E-state index is 12.3. The van der Waals surface area contributed by atoms with E-state index in [0.29, 0.717) is 11.4 Å². The second-order valence-corrected chi connectivity index (χ2v) is 7.84. The van der Waals surface area contributed by atoms with Crippen LogP contribution in [-0.4, -0.2) is 40.3 Å². The molecule has 0 aliphatic heterocycles. The van der Waals surface area contributed by atoms with Crippen LogP contribution in [0.3, 0.4) is 0 Å². The van der Waals surface area contributed by atoms with Crippen LogP contribution in [0.2, 0.25) is 0 Å². The van der Waals surface area contributed by atoms with E-state index in [4.69, 9.17) is 0 Å². The lowest BCUT2D eigenvalue weighted by atomic mass is 10.2. The minimum absolute atomic E-state index is 0.134. The molecule has 0 bridgehead atoms. The number of sulfone groups is 1. The molecular formula is C17H17N5O3S. The first kappa shape index (κ1) is 17.7. The molecule has 0 radical (unpaired) electrons. The van der Waals surface area contributed by atoms with Gasteiger partial charge in [0, 0.05) is 12.1 Å². The molecule has 1 amide bonds. The number of rotatable bonds is 6. The fourth-order valence-electron chi connectivity index (χ4n) is 2.32. The van der Waals surface area contributed by atoms with E-state index in [1.165, 1.54) is 11.0 Å². The highest BCUT2D eigenvalue weighted by Gasteiger charge is 2.16. The van der Waals surface area contributed by atoms with Gasteiger partial charge in [-0.3, -0.25) is 4.79 Å². The minimum Gasteiger partial charge on any atom is -0.326 e. The molecule has 0 saturated carbocycles. The van der Waals surface area contributed by atoms with E-state index in [0.717, 1.165) is 5.56 Å². The Bertz CT molecular complexity index is 999. The number of benzene rings is 2. The second kappa shape index (κ2) is 7.44. The van der Waals surface area contributed by atoms with Crippen LogP contribution in [0.5, 0.6) is 0 Å². The summed E-state index contributed by atoms with van der Waals surface area (Å²) in [7, 11) is -3.50. The molecule has 0 aliphatic carbocycles. The van der Waals surface area contributed by atoms with Crippen LogP contribution in [0.4, 0.5) is 5.69 Å². The molecule has 0 fully saturated rings. The van der Waals surface area contributed by atoms with Gasteiger partial charge in [-0.25, -0.2) is 13.1 Å². The Balaban J connectivity index is 1.62. The number of tetrazole rings is 1. The fourth-order valence-corrected chi connectivity index (χ4v) is 3.56. The van der Waals surface area contributed by atoms with Crippen LogP contribution < -0.4 is 5.32 Å². The monoisotopic (exact) mass is 371 g/mol. The number of carbonyl (C=O) groups excluding carboxylic acids is 1. The lowest BCUT2D eigenvalue weighted by Gasteiger charge is -2.08. The molecule has 0 unspecified atom stereocenters. The number of carbonyl (C=O) groups is 1.